The second kappa shape index (κ2) is 8.78. The van der Waals surface area contributed by atoms with Crippen molar-refractivity contribution >= 4 is 28.4 Å². The number of hydrogen-bond acceptors (Lipinski definition) is 5. The zero-order valence-corrected chi connectivity index (χ0v) is 16.9. The number of aryl methyl sites for hydroxylation is 2. The van der Waals surface area contributed by atoms with Crippen LogP contribution >= 0.6 is 0 Å². The first kappa shape index (κ1) is 19.0. The van der Waals surface area contributed by atoms with E-state index in [2.05, 4.69) is 44.4 Å². The minimum absolute atomic E-state index is 0.803. The van der Waals surface area contributed by atoms with Crippen LogP contribution < -0.4 is 4.90 Å². The molecule has 0 N–H and O–H groups in total. The van der Waals surface area contributed by atoms with E-state index in [9.17, 15) is 0 Å². The van der Waals surface area contributed by atoms with E-state index in [0.29, 0.717) is 0 Å². The van der Waals surface area contributed by atoms with E-state index in [0.717, 1.165) is 41.4 Å². The van der Waals surface area contributed by atoms with Crippen molar-refractivity contribution in [2.45, 2.75) is 26.7 Å². The molecule has 1 aliphatic heterocycles. The maximum Gasteiger partial charge on any atom is 0.0887 e. The quantitative estimate of drug-likeness (QED) is 0.416. The number of anilines is 1. The number of hydrogen-bond donors (Lipinski definition) is 0. The Bertz CT molecular complexity index is 1010. The van der Waals surface area contributed by atoms with Gasteiger partial charge in [0, 0.05) is 18.8 Å². The van der Waals surface area contributed by atoms with Crippen molar-refractivity contribution in [2.75, 3.05) is 18.0 Å². The Hall–Kier alpha value is -3.34. The van der Waals surface area contributed by atoms with Crippen LogP contribution in [0.1, 0.15) is 24.0 Å². The Labute approximate surface area is 171 Å². The van der Waals surface area contributed by atoms with Gasteiger partial charge in [0.05, 0.1) is 22.7 Å². The highest BCUT2D eigenvalue weighted by Crippen LogP contribution is 2.28. The highest BCUT2D eigenvalue weighted by Gasteiger charge is 2.11. The molecule has 5 nitrogen and oxygen atoms in total. The number of azo groups is 2. The fourth-order valence-corrected chi connectivity index (χ4v) is 3.36. The summed E-state index contributed by atoms with van der Waals surface area (Å²) in [6.45, 7) is 6.36. The lowest BCUT2D eigenvalue weighted by Crippen LogP contribution is -2.17. The van der Waals surface area contributed by atoms with Crippen LogP contribution in [0, 0.1) is 13.8 Å². The van der Waals surface area contributed by atoms with Gasteiger partial charge in [-0.1, -0.05) is 17.7 Å². The molecule has 0 saturated carbocycles. The van der Waals surface area contributed by atoms with Crippen LogP contribution in [0.25, 0.3) is 0 Å². The molecule has 0 amide bonds. The molecule has 0 bridgehead atoms. The minimum atomic E-state index is 0.803. The standard InChI is InChI=1S/C24H25N5/c1-18-5-7-20(8-6-18)25-27-22-11-14-24(19(2)17-22)28-26-21-9-12-23(13-10-21)29-15-3-4-16-29/h5-14,17H,3-4,15-16H2,1-2H3/b27-25+,28-26+. The summed E-state index contributed by atoms with van der Waals surface area (Å²) >= 11 is 0. The molecule has 1 fully saturated rings. The van der Waals surface area contributed by atoms with Crippen molar-refractivity contribution in [1.29, 1.82) is 0 Å². The molecule has 0 spiro atoms. The molecule has 1 heterocycles. The van der Waals surface area contributed by atoms with Gasteiger partial charge in [-0.3, -0.25) is 0 Å². The van der Waals surface area contributed by atoms with Gasteiger partial charge in [-0.25, -0.2) is 0 Å². The fraction of sp³-hybridized carbons (Fsp3) is 0.250. The molecule has 0 atom stereocenters. The summed E-state index contributed by atoms with van der Waals surface area (Å²) in [4.78, 5) is 2.41. The predicted octanol–water partition coefficient (Wildman–Crippen LogP) is 7.73. The highest BCUT2D eigenvalue weighted by atomic mass is 15.1. The van der Waals surface area contributed by atoms with E-state index in [-0.39, 0.29) is 0 Å². The summed E-state index contributed by atoms with van der Waals surface area (Å²) in [5.74, 6) is 0. The Kier molecular flexibility index (Phi) is 5.75. The van der Waals surface area contributed by atoms with Gasteiger partial charge in [0.25, 0.3) is 0 Å². The Morgan fingerprint density at radius 1 is 0.621 bits per heavy atom. The Morgan fingerprint density at radius 3 is 1.83 bits per heavy atom. The van der Waals surface area contributed by atoms with E-state index < -0.39 is 0 Å². The molecule has 1 saturated heterocycles. The SMILES string of the molecule is Cc1ccc(/N=N/c2ccc(/N=N/c3ccc(N4CCCC4)cc3)c(C)c2)cc1. The van der Waals surface area contributed by atoms with Crippen molar-refractivity contribution in [3.05, 3.63) is 77.9 Å². The van der Waals surface area contributed by atoms with Gasteiger partial charge < -0.3 is 4.90 Å². The summed E-state index contributed by atoms with van der Waals surface area (Å²) in [5.41, 5.74) is 6.83. The van der Waals surface area contributed by atoms with Gasteiger partial charge in [-0.2, -0.15) is 20.5 Å². The van der Waals surface area contributed by atoms with Crippen LogP contribution in [0.4, 0.5) is 28.4 Å². The first-order valence-electron chi connectivity index (χ1n) is 10.0. The first-order chi connectivity index (χ1) is 14.2. The molecule has 3 aromatic carbocycles. The maximum absolute atomic E-state index is 4.41. The van der Waals surface area contributed by atoms with Gasteiger partial charge in [0.2, 0.25) is 0 Å². The number of benzene rings is 3. The van der Waals surface area contributed by atoms with Gasteiger partial charge in [0.15, 0.2) is 0 Å². The summed E-state index contributed by atoms with van der Waals surface area (Å²) in [7, 11) is 0. The second-order valence-electron chi connectivity index (χ2n) is 7.42. The topological polar surface area (TPSA) is 52.7 Å². The molecule has 5 heteroatoms. The van der Waals surface area contributed by atoms with Crippen molar-refractivity contribution in [2.24, 2.45) is 20.5 Å². The Morgan fingerprint density at radius 2 is 1.17 bits per heavy atom. The lowest BCUT2D eigenvalue weighted by Gasteiger charge is -2.17. The third-order valence-electron chi connectivity index (χ3n) is 5.09. The van der Waals surface area contributed by atoms with Gasteiger partial charge in [-0.15, -0.1) is 0 Å². The molecule has 0 aliphatic carbocycles. The molecule has 29 heavy (non-hydrogen) atoms. The zero-order valence-electron chi connectivity index (χ0n) is 16.9. The van der Waals surface area contributed by atoms with E-state index in [1.165, 1.54) is 24.1 Å². The number of nitrogens with zero attached hydrogens (tertiary/aromatic N) is 5. The first-order valence-corrected chi connectivity index (χ1v) is 10.0. The van der Waals surface area contributed by atoms with E-state index in [1.54, 1.807) is 0 Å². The third-order valence-corrected chi connectivity index (χ3v) is 5.09. The van der Waals surface area contributed by atoms with Crippen LogP contribution in [0.3, 0.4) is 0 Å². The molecule has 146 valence electrons. The van der Waals surface area contributed by atoms with Crippen LogP contribution in [0.15, 0.2) is 87.2 Å². The fourth-order valence-electron chi connectivity index (χ4n) is 3.36. The van der Waals surface area contributed by atoms with Crippen molar-refractivity contribution in [3.8, 4) is 0 Å². The maximum atomic E-state index is 4.41. The molecule has 1 aliphatic rings. The predicted molar refractivity (Wildman–Crippen MR) is 119 cm³/mol. The summed E-state index contributed by atoms with van der Waals surface area (Å²) in [5, 5.41) is 17.4. The molecule has 4 rings (SSSR count). The molecule has 0 unspecified atom stereocenters. The largest absolute Gasteiger partial charge is 0.372 e. The smallest absolute Gasteiger partial charge is 0.0887 e. The minimum Gasteiger partial charge on any atom is -0.372 e. The lowest BCUT2D eigenvalue weighted by molar-refractivity contribution is 0.949. The van der Waals surface area contributed by atoms with E-state index in [4.69, 9.17) is 0 Å². The Balaban J connectivity index is 1.43. The normalized spacial score (nSPS) is 14.3. The van der Waals surface area contributed by atoms with Crippen LogP contribution in [0.5, 0.6) is 0 Å². The third kappa shape index (κ3) is 4.93. The molecule has 0 radical (unpaired) electrons. The monoisotopic (exact) mass is 383 g/mol. The average Bonchev–Trinajstić information content (AvgIpc) is 3.28. The summed E-state index contributed by atoms with van der Waals surface area (Å²) < 4.78 is 0. The number of rotatable bonds is 5. The van der Waals surface area contributed by atoms with Gasteiger partial charge in [0.1, 0.15) is 0 Å². The van der Waals surface area contributed by atoms with Crippen LogP contribution in [-0.4, -0.2) is 13.1 Å². The molecule has 0 aromatic heterocycles. The van der Waals surface area contributed by atoms with Gasteiger partial charge >= 0.3 is 0 Å². The molecule has 3 aromatic rings. The van der Waals surface area contributed by atoms with Crippen molar-refractivity contribution < 1.29 is 0 Å². The zero-order chi connectivity index (χ0) is 20.1. The second-order valence-corrected chi connectivity index (χ2v) is 7.42. The molecular formula is C24H25N5. The summed E-state index contributed by atoms with van der Waals surface area (Å²) in [6, 6.07) is 22.1. The van der Waals surface area contributed by atoms with E-state index >= 15 is 0 Å². The van der Waals surface area contributed by atoms with Crippen LogP contribution in [-0.2, 0) is 0 Å². The van der Waals surface area contributed by atoms with Gasteiger partial charge in [-0.05, 0) is 86.8 Å². The molecular weight excluding hydrogens is 358 g/mol. The van der Waals surface area contributed by atoms with E-state index in [1.807, 2.05) is 61.5 Å². The summed E-state index contributed by atoms with van der Waals surface area (Å²) in [6.07, 6.45) is 2.56. The van der Waals surface area contributed by atoms with Crippen molar-refractivity contribution in [3.63, 3.8) is 0 Å². The average molecular weight is 383 g/mol. The van der Waals surface area contributed by atoms with Crippen LogP contribution in [0.2, 0.25) is 0 Å². The lowest BCUT2D eigenvalue weighted by atomic mass is 10.2. The highest BCUT2D eigenvalue weighted by molar-refractivity contribution is 5.55. The van der Waals surface area contributed by atoms with Crippen molar-refractivity contribution in [1.82, 2.24) is 0 Å².